The van der Waals surface area contributed by atoms with Crippen LogP contribution in [0.3, 0.4) is 0 Å². The Morgan fingerprint density at radius 2 is 1.90 bits per heavy atom. The molecule has 0 fully saturated rings. The molecule has 0 radical (unpaired) electrons. The lowest BCUT2D eigenvalue weighted by atomic mass is 10.1. The lowest BCUT2D eigenvalue weighted by Crippen LogP contribution is -2.08. The fraction of sp³-hybridized carbons (Fsp3) is 0.125. The molecule has 0 bridgehead atoms. The van der Waals surface area contributed by atoms with Gasteiger partial charge in [-0.1, -0.05) is 24.3 Å². The second-order valence-electron chi connectivity index (χ2n) is 4.47. The number of carbonyl (C=O) groups is 2. The van der Waals surface area contributed by atoms with E-state index in [-0.39, 0.29) is 18.1 Å². The van der Waals surface area contributed by atoms with E-state index < -0.39 is 5.97 Å². The standard InChI is InChI=1S/C16H15NO4/c1-11(18)17-14-7-2-3-8-15(14)21-10-12-5-4-6-13(9-12)16(19)20/h2-9H,10H2,1H3,(H,17,18)(H,19,20). The molecule has 108 valence electrons. The molecule has 0 unspecified atom stereocenters. The van der Waals surface area contributed by atoms with Crippen LogP contribution in [0.25, 0.3) is 0 Å². The van der Waals surface area contributed by atoms with Crippen LogP contribution in [0.5, 0.6) is 5.75 Å². The number of benzene rings is 2. The number of aromatic carboxylic acids is 1. The van der Waals surface area contributed by atoms with Crippen molar-refractivity contribution in [3.05, 3.63) is 59.7 Å². The number of carbonyl (C=O) groups excluding carboxylic acids is 1. The number of anilines is 1. The SMILES string of the molecule is CC(=O)Nc1ccccc1OCc1cccc(C(=O)O)c1. The topological polar surface area (TPSA) is 75.6 Å². The molecule has 0 spiro atoms. The van der Waals surface area contributed by atoms with Crippen molar-refractivity contribution in [1.29, 1.82) is 0 Å². The van der Waals surface area contributed by atoms with E-state index in [1.165, 1.54) is 13.0 Å². The third-order valence-electron chi connectivity index (χ3n) is 2.77. The van der Waals surface area contributed by atoms with Gasteiger partial charge in [-0.25, -0.2) is 4.79 Å². The number of amides is 1. The van der Waals surface area contributed by atoms with E-state index in [9.17, 15) is 9.59 Å². The molecule has 5 heteroatoms. The van der Waals surface area contributed by atoms with Gasteiger partial charge in [0.25, 0.3) is 0 Å². The second kappa shape index (κ2) is 6.56. The molecule has 0 aliphatic rings. The molecule has 1 amide bonds. The van der Waals surface area contributed by atoms with E-state index in [1.54, 1.807) is 42.5 Å². The molecule has 2 rings (SSSR count). The average molecular weight is 285 g/mol. The normalized spacial score (nSPS) is 9.95. The molecule has 21 heavy (non-hydrogen) atoms. The highest BCUT2D eigenvalue weighted by molar-refractivity contribution is 5.90. The van der Waals surface area contributed by atoms with E-state index in [1.807, 2.05) is 0 Å². The van der Waals surface area contributed by atoms with Crippen LogP contribution in [0.4, 0.5) is 5.69 Å². The Morgan fingerprint density at radius 3 is 2.62 bits per heavy atom. The minimum absolute atomic E-state index is 0.182. The zero-order valence-electron chi connectivity index (χ0n) is 11.5. The number of carboxylic acids is 1. The van der Waals surface area contributed by atoms with E-state index >= 15 is 0 Å². The fourth-order valence-electron chi connectivity index (χ4n) is 1.84. The van der Waals surface area contributed by atoms with Crippen LogP contribution < -0.4 is 10.1 Å². The van der Waals surface area contributed by atoms with Crippen LogP contribution in [-0.4, -0.2) is 17.0 Å². The molecule has 0 saturated heterocycles. The lowest BCUT2D eigenvalue weighted by Gasteiger charge is -2.11. The average Bonchev–Trinajstić information content (AvgIpc) is 2.46. The maximum absolute atomic E-state index is 11.1. The van der Waals surface area contributed by atoms with Crippen LogP contribution in [-0.2, 0) is 11.4 Å². The quantitative estimate of drug-likeness (QED) is 0.885. The van der Waals surface area contributed by atoms with Gasteiger partial charge in [-0.15, -0.1) is 0 Å². The highest BCUT2D eigenvalue weighted by atomic mass is 16.5. The van der Waals surface area contributed by atoms with Gasteiger partial charge in [0, 0.05) is 6.92 Å². The molecule has 0 aromatic heterocycles. The van der Waals surface area contributed by atoms with Crippen LogP contribution in [0.1, 0.15) is 22.8 Å². The molecular weight excluding hydrogens is 270 g/mol. The van der Waals surface area contributed by atoms with Gasteiger partial charge in [0.2, 0.25) is 5.91 Å². The highest BCUT2D eigenvalue weighted by Crippen LogP contribution is 2.24. The van der Waals surface area contributed by atoms with Gasteiger partial charge in [-0.2, -0.15) is 0 Å². The first-order chi connectivity index (χ1) is 10.1. The summed E-state index contributed by atoms with van der Waals surface area (Å²) < 4.78 is 5.65. The summed E-state index contributed by atoms with van der Waals surface area (Å²) in [6.07, 6.45) is 0. The van der Waals surface area contributed by atoms with Crippen LogP contribution in [0.2, 0.25) is 0 Å². The van der Waals surface area contributed by atoms with Gasteiger partial charge in [-0.05, 0) is 29.8 Å². The summed E-state index contributed by atoms with van der Waals surface area (Å²) in [5.74, 6) is -0.622. The largest absolute Gasteiger partial charge is 0.487 e. The van der Waals surface area contributed by atoms with Crippen LogP contribution in [0, 0.1) is 0 Å². The molecule has 2 aromatic rings. The highest BCUT2D eigenvalue weighted by Gasteiger charge is 2.06. The summed E-state index contributed by atoms with van der Waals surface area (Å²) >= 11 is 0. The summed E-state index contributed by atoms with van der Waals surface area (Å²) in [5.41, 5.74) is 1.54. The number of carboxylic acid groups (broad SMARTS) is 1. The summed E-state index contributed by atoms with van der Waals surface area (Å²) in [7, 11) is 0. The smallest absolute Gasteiger partial charge is 0.335 e. The Hall–Kier alpha value is -2.82. The van der Waals surface area contributed by atoms with Crippen molar-refractivity contribution < 1.29 is 19.4 Å². The molecule has 0 heterocycles. The van der Waals surface area contributed by atoms with Gasteiger partial charge >= 0.3 is 5.97 Å². The maximum atomic E-state index is 11.1. The first-order valence-corrected chi connectivity index (χ1v) is 6.38. The summed E-state index contributed by atoms with van der Waals surface area (Å²) in [6, 6.07) is 13.6. The number of rotatable bonds is 5. The molecule has 5 nitrogen and oxygen atoms in total. The van der Waals surface area contributed by atoms with E-state index in [2.05, 4.69) is 5.32 Å². The molecule has 0 aliphatic carbocycles. The Labute approximate surface area is 122 Å². The maximum Gasteiger partial charge on any atom is 0.335 e. The minimum Gasteiger partial charge on any atom is -0.487 e. The summed E-state index contributed by atoms with van der Waals surface area (Å²) in [5, 5.41) is 11.6. The molecular formula is C16H15NO4. The van der Waals surface area contributed by atoms with Crippen molar-refractivity contribution in [2.24, 2.45) is 0 Å². The van der Waals surface area contributed by atoms with Crippen molar-refractivity contribution in [3.8, 4) is 5.75 Å². The Morgan fingerprint density at radius 1 is 1.14 bits per heavy atom. The van der Waals surface area contributed by atoms with E-state index in [0.29, 0.717) is 11.4 Å². The van der Waals surface area contributed by atoms with Gasteiger partial charge in [0.1, 0.15) is 12.4 Å². The molecule has 2 N–H and O–H groups in total. The Kier molecular flexibility index (Phi) is 4.56. The zero-order chi connectivity index (χ0) is 15.2. The van der Waals surface area contributed by atoms with Crippen molar-refractivity contribution in [1.82, 2.24) is 0 Å². The predicted octanol–water partition coefficient (Wildman–Crippen LogP) is 2.92. The first-order valence-electron chi connectivity index (χ1n) is 6.38. The monoisotopic (exact) mass is 285 g/mol. The van der Waals surface area contributed by atoms with E-state index in [0.717, 1.165) is 5.56 Å². The van der Waals surface area contributed by atoms with Crippen molar-refractivity contribution in [2.75, 3.05) is 5.32 Å². The third-order valence-corrected chi connectivity index (χ3v) is 2.77. The van der Waals surface area contributed by atoms with Crippen LogP contribution >= 0.6 is 0 Å². The molecule has 0 aliphatic heterocycles. The number of hydrogen-bond acceptors (Lipinski definition) is 3. The van der Waals surface area contributed by atoms with Crippen molar-refractivity contribution in [3.63, 3.8) is 0 Å². The van der Waals surface area contributed by atoms with Gasteiger partial charge in [0.15, 0.2) is 0 Å². The lowest BCUT2D eigenvalue weighted by molar-refractivity contribution is -0.114. The predicted molar refractivity (Wildman–Crippen MR) is 78.5 cm³/mol. The van der Waals surface area contributed by atoms with Gasteiger partial charge in [-0.3, -0.25) is 4.79 Å². The number of para-hydroxylation sites is 2. The number of nitrogens with one attached hydrogen (secondary N) is 1. The summed E-state index contributed by atoms with van der Waals surface area (Å²) in [6.45, 7) is 1.64. The fourth-order valence-corrected chi connectivity index (χ4v) is 1.84. The van der Waals surface area contributed by atoms with Crippen molar-refractivity contribution in [2.45, 2.75) is 13.5 Å². The summed E-state index contributed by atoms with van der Waals surface area (Å²) in [4.78, 5) is 22.0. The Balaban J connectivity index is 2.11. The van der Waals surface area contributed by atoms with Gasteiger partial charge < -0.3 is 15.2 Å². The minimum atomic E-state index is -0.976. The first kappa shape index (κ1) is 14.6. The second-order valence-corrected chi connectivity index (χ2v) is 4.47. The molecule has 0 saturated carbocycles. The van der Waals surface area contributed by atoms with E-state index in [4.69, 9.17) is 9.84 Å². The number of hydrogen-bond donors (Lipinski definition) is 2. The van der Waals surface area contributed by atoms with Gasteiger partial charge in [0.05, 0.1) is 11.3 Å². The molecule has 0 atom stereocenters. The molecule has 2 aromatic carbocycles. The zero-order valence-corrected chi connectivity index (χ0v) is 11.5. The van der Waals surface area contributed by atoms with Crippen molar-refractivity contribution >= 4 is 17.6 Å². The van der Waals surface area contributed by atoms with Crippen LogP contribution in [0.15, 0.2) is 48.5 Å². The third kappa shape index (κ3) is 4.07. The Bertz CT molecular complexity index is 667. The number of ether oxygens (including phenoxy) is 1.